The summed E-state index contributed by atoms with van der Waals surface area (Å²) < 4.78 is 1.51. The molecular weight excluding hydrogens is 416 g/mol. The Kier molecular flexibility index (Phi) is 5.33. The van der Waals surface area contributed by atoms with Crippen LogP contribution in [0.5, 0.6) is 0 Å². The molecule has 0 bridgehead atoms. The fourth-order valence-corrected chi connectivity index (χ4v) is 4.93. The minimum absolute atomic E-state index is 0.179. The Morgan fingerprint density at radius 3 is 2.52 bits per heavy atom. The zero-order valence-corrected chi connectivity index (χ0v) is 18.1. The van der Waals surface area contributed by atoms with E-state index in [-0.39, 0.29) is 17.7 Å². The van der Waals surface area contributed by atoms with Gasteiger partial charge < -0.3 is 20.6 Å². The Hall–Kier alpha value is -2.27. The van der Waals surface area contributed by atoms with Crippen LogP contribution in [0.15, 0.2) is 35.5 Å². The van der Waals surface area contributed by atoms with Crippen molar-refractivity contribution in [2.75, 3.05) is 5.32 Å². The highest BCUT2D eigenvalue weighted by molar-refractivity contribution is 7.99. The maximum absolute atomic E-state index is 10.4. The summed E-state index contributed by atoms with van der Waals surface area (Å²) in [6.45, 7) is 4.14. The summed E-state index contributed by atoms with van der Waals surface area (Å²) in [6, 6.07) is 10.0. The van der Waals surface area contributed by atoms with Gasteiger partial charge in [0, 0.05) is 23.6 Å². The zero-order chi connectivity index (χ0) is 21.7. The number of nitrogens with one attached hydrogen (secondary N) is 1. The molecule has 0 spiro atoms. The SMILES string of the molecule is CC(C)Sc1nc(NC2CC2c2ccccc2)c2nnn([C@@H]3C[C@H](O)[C@@H](O)[C@H]3O)c2n1. The molecule has 5 rings (SSSR count). The van der Waals surface area contributed by atoms with Crippen LogP contribution in [0.25, 0.3) is 11.2 Å². The van der Waals surface area contributed by atoms with E-state index in [9.17, 15) is 15.3 Å². The summed E-state index contributed by atoms with van der Waals surface area (Å²) >= 11 is 1.54. The topological polar surface area (TPSA) is 129 Å². The lowest BCUT2D eigenvalue weighted by Gasteiger charge is -2.16. The van der Waals surface area contributed by atoms with Crippen LogP contribution in [-0.4, -0.2) is 69.9 Å². The van der Waals surface area contributed by atoms with E-state index in [1.807, 2.05) is 18.2 Å². The largest absolute Gasteiger partial charge is 0.390 e. The second kappa shape index (κ2) is 8.01. The van der Waals surface area contributed by atoms with E-state index in [2.05, 4.69) is 46.6 Å². The van der Waals surface area contributed by atoms with Crippen LogP contribution >= 0.6 is 11.8 Å². The third-order valence-corrected chi connectivity index (χ3v) is 6.78. The van der Waals surface area contributed by atoms with Crippen LogP contribution in [0.3, 0.4) is 0 Å². The number of fused-ring (bicyclic) bond motifs is 1. The third-order valence-electron chi connectivity index (χ3n) is 5.92. The lowest BCUT2D eigenvalue weighted by molar-refractivity contribution is -0.0253. The van der Waals surface area contributed by atoms with Gasteiger partial charge in [-0.1, -0.05) is 61.2 Å². The number of anilines is 1. The van der Waals surface area contributed by atoms with Gasteiger partial charge in [-0.25, -0.2) is 14.6 Å². The van der Waals surface area contributed by atoms with Gasteiger partial charge in [0.25, 0.3) is 0 Å². The summed E-state index contributed by atoms with van der Waals surface area (Å²) in [5.41, 5.74) is 2.31. The van der Waals surface area contributed by atoms with Gasteiger partial charge in [0.15, 0.2) is 22.1 Å². The molecule has 31 heavy (non-hydrogen) atoms. The molecule has 2 aliphatic carbocycles. The van der Waals surface area contributed by atoms with Crippen LogP contribution in [0.4, 0.5) is 5.82 Å². The van der Waals surface area contributed by atoms with Gasteiger partial charge >= 0.3 is 0 Å². The highest BCUT2D eigenvalue weighted by atomic mass is 32.2. The van der Waals surface area contributed by atoms with Crippen LogP contribution in [0.1, 0.15) is 44.2 Å². The molecule has 6 atom stereocenters. The molecule has 10 heteroatoms. The van der Waals surface area contributed by atoms with E-state index < -0.39 is 24.4 Å². The van der Waals surface area contributed by atoms with Crippen molar-refractivity contribution in [2.45, 2.75) is 73.4 Å². The quantitative estimate of drug-likeness (QED) is 0.333. The Bertz CT molecular complexity index is 1080. The number of nitrogens with zero attached hydrogens (tertiary/aromatic N) is 5. The highest BCUT2D eigenvalue weighted by Crippen LogP contribution is 2.43. The van der Waals surface area contributed by atoms with E-state index in [4.69, 9.17) is 4.98 Å². The van der Waals surface area contributed by atoms with Gasteiger partial charge in [-0.15, -0.1) is 5.10 Å². The smallest absolute Gasteiger partial charge is 0.191 e. The number of thioether (sulfide) groups is 1. The summed E-state index contributed by atoms with van der Waals surface area (Å²) in [5.74, 6) is 1.04. The highest BCUT2D eigenvalue weighted by Gasteiger charge is 2.43. The molecule has 2 aromatic heterocycles. The molecular formula is C21H26N6O3S. The van der Waals surface area contributed by atoms with Crippen molar-refractivity contribution in [2.24, 2.45) is 0 Å². The predicted molar refractivity (Wildman–Crippen MR) is 117 cm³/mol. The lowest BCUT2D eigenvalue weighted by atomic mass is 10.1. The van der Waals surface area contributed by atoms with Gasteiger partial charge in [0.2, 0.25) is 0 Å². The van der Waals surface area contributed by atoms with E-state index in [1.54, 1.807) is 0 Å². The minimum Gasteiger partial charge on any atom is -0.390 e. The summed E-state index contributed by atoms with van der Waals surface area (Å²) in [4.78, 5) is 9.35. The monoisotopic (exact) mass is 442 g/mol. The Morgan fingerprint density at radius 2 is 1.84 bits per heavy atom. The average molecular weight is 443 g/mol. The normalized spacial score (nSPS) is 30.3. The van der Waals surface area contributed by atoms with Gasteiger partial charge in [-0.2, -0.15) is 0 Å². The first-order chi connectivity index (χ1) is 14.9. The fraction of sp³-hybridized carbons (Fsp3) is 0.524. The molecule has 2 aliphatic rings. The van der Waals surface area contributed by atoms with Crippen LogP contribution < -0.4 is 5.32 Å². The number of benzene rings is 1. The van der Waals surface area contributed by atoms with Crippen LogP contribution in [-0.2, 0) is 0 Å². The fourth-order valence-electron chi connectivity index (χ4n) is 4.22. The van der Waals surface area contributed by atoms with Crippen LogP contribution in [0, 0.1) is 0 Å². The van der Waals surface area contributed by atoms with E-state index in [1.165, 1.54) is 22.0 Å². The van der Waals surface area contributed by atoms with Crippen LogP contribution in [0.2, 0.25) is 0 Å². The predicted octanol–water partition coefficient (Wildman–Crippen LogP) is 1.72. The summed E-state index contributed by atoms with van der Waals surface area (Å²) in [6.07, 6.45) is -2.18. The zero-order valence-electron chi connectivity index (χ0n) is 17.3. The molecule has 0 radical (unpaired) electrons. The Balaban J connectivity index is 1.48. The molecule has 3 aromatic rings. The number of hydrogen-bond acceptors (Lipinski definition) is 9. The van der Waals surface area contributed by atoms with Crippen molar-refractivity contribution in [3.05, 3.63) is 35.9 Å². The molecule has 0 amide bonds. The van der Waals surface area contributed by atoms with Gasteiger partial charge in [-0.05, 0) is 12.0 Å². The van der Waals surface area contributed by atoms with Gasteiger partial charge in [0.05, 0.1) is 12.1 Å². The molecule has 2 fully saturated rings. The first-order valence-corrected chi connectivity index (χ1v) is 11.5. The number of hydrogen-bond donors (Lipinski definition) is 4. The van der Waals surface area contributed by atoms with Crippen molar-refractivity contribution in [3.8, 4) is 0 Å². The summed E-state index contributed by atoms with van der Waals surface area (Å²) in [7, 11) is 0. The maximum Gasteiger partial charge on any atom is 0.191 e. The molecule has 9 nitrogen and oxygen atoms in total. The first-order valence-electron chi connectivity index (χ1n) is 10.6. The molecule has 164 valence electrons. The van der Waals surface area contributed by atoms with Gasteiger partial charge in [0.1, 0.15) is 12.2 Å². The second-order valence-electron chi connectivity index (χ2n) is 8.58. The second-order valence-corrected chi connectivity index (χ2v) is 10.1. The first kappa shape index (κ1) is 20.6. The van der Waals surface area contributed by atoms with Crippen molar-refractivity contribution in [1.29, 1.82) is 0 Å². The summed E-state index contributed by atoms with van der Waals surface area (Å²) in [5, 5.41) is 43.3. The van der Waals surface area contributed by atoms with E-state index in [0.717, 1.165) is 6.42 Å². The average Bonchev–Trinajstić information content (AvgIpc) is 3.31. The number of aliphatic hydroxyl groups is 3. The number of rotatable bonds is 6. The molecule has 1 aromatic carbocycles. The van der Waals surface area contributed by atoms with Gasteiger partial charge in [-0.3, -0.25) is 0 Å². The number of aliphatic hydroxyl groups excluding tert-OH is 3. The standard InChI is InChI=1S/C21H26N6O3S/c1-10(2)31-21-23-19(22-13-8-12(13)11-6-4-3-5-7-11)16-20(24-21)27(26-25-16)14-9-15(28)18(30)17(14)29/h3-7,10,12-15,17-18,28-30H,8-9H2,1-2H3,(H,22,23,24)/t12?,13?,14-,15+,17+,18-/m1/s1. The van der Waals surface area contributed by atoms with Crippen molar-refractivity contribution in [1.82, 2.24) is 25.0 Å². The van der Waals surface area contributed by atoms with E-state index >= 15 is 0 Å². The van der Waals surface area contributed by atoms with Crippen molar-refractivity contribution < 1.29 is 15.3 Å². The maximum atomic E-state index is 10.4. The molecule has 0 aliphatic heterocycles. The lowest BCUT2D eigenvalue weighted by Crippen LogP contribution is -2.31. The third kappa shape index (κ3) is 3.89. The molecule has 2 saturated carbocycles. The minimum atomic E-state index is -1.22. The molecule has 2 heterocycles. The number of aromatic nitrogens is 5. The molecule has 2 unspecified atom stereocenters. The van der Waals surface area contributed by atoms with Crippen molar-refractivity contribution in [3.63, 3.8) is 0 Å². The van der Waals surface area contributed by atoms with Crippen molar-refractivity contribution >= 4 is 28.7 Å². The molecule has 0 saturated heterocycles. The van der Waals surface area contributed by atoms with E-state index in [0.29, 0.717) is 28.1 Å². The Labute approximate surface area is 183 Å². The Morgan fingerprint density at radius 1 is 1.06 bits per heavy atom. The molecule has 4 N–H and O–H groups in total.